The highest BCUT2D eigenvalue weighted by Gasteiger charge is 2.34. The van der Waals surface area contributed by atoms with Gasteiger partial charge in [-0.05, 0) is 30.0 Å². The molecule has 0 aliphatic carbocycles. The molecule has 1 aromatic carbocycles. The molecule has 0 N–H and O–H groups in total. The number of rotatable bonds is 4. The Hall–Kier alpha value is -1.19. The average molecular weight is 246 g/mol. The van der Waals surface area contributed by atoms with E-state index in [2.05, 4.69) is 13.8 Å². The summed E-state index contributed by atoms with van der Waals surface area (Å²) in [4.78, 5) is 0. The predicted molar refractivity (Wildman–Crippen MR) is 61.2 cm³/mol. The molecule has 4 heteroatoms. The average Bonchev–Trinajstić information content (AvgIpc) is 2.27. The molecule has 0 fully saturated rings. The quantitative estimate of drug-likeness (QED) is 0.769. The normalized spacial score (nSPS) is 13.5. The Morgan fingerprint density at radius 1 is 1.29 bits per heavy atom. The summed E-state index contributed by atoms with van der Waals surface area (Å²) in [5.41, 5.74) is 0.164. The molecule has 0 bridgehead atoms. The molecule has 0 saturated carbocycles. The Morgan fingerprint density at radius 2 is 1.94 bits per heavy atom. The minimum Gasteiger partial charge on any atom is -0.496 e. The Kier molecular flexibility index (Phi) is 4.43. The van der Waals surface area contributed by atoms with Gasteiger partial charge in [0.05, 0.1) is 12.7 Å². The highest BCUT2D eigenvalue weighted by atomic mass is 19.4. The first-order valence-corrected chi connectivity index (χ1v) is 5.62. The zero-order valence-corrected chi connectivity index (χ0v) is 10.3. The van der Waals surface area contributed by atoms with Crippen molar-refractivity contribution >= 4 is 0 Å². The van der Waals surface area contributed by atoms with Gasteiger partial charge >= 0.3 is 6.18 Å². The minimum atomic E-state index is -4.36. The van der Waals surface area contributed by atoms with Crippen LogP contribution in [-0.2, 0) is 12.6 Å². The van der Waals surface area contributed by atoms with Gasteiger partial charge in [-0.3, -0.25) is 0 Å². The Bertz CT molecular complexity index is 371. The van der Waals surface area contributed by atoms with E-state index in [0.717, 1.165) is 24.5 Å². The van der Waals surface area contributed by atoms with Crippen LogP contribution in [0.1, 0.15) is 31.4 Å². The van der Waals surface area contributed by atoms with Crippen molar-refractivity contribution in [2.45, 2.75) is 32.9 Å². The van der Waals surface area contributed by atoms with Crippen LogP contribution in [0, 0.1) is 5.92 Å². The van der Waals surface area contributed by atoms with Crippen LogP contribution < -0.4 is 4.74 Å². The lowest BCUT2D eigenvalue weighted by Gasteiger charge is -2.14. The number of hydrogen-bond donors (Lipinski definition) is 0. The van der Waals surface area contributed by atoms with Crippen LogP contribution in [0.15, 0.2) is 18.2 Å². The van der Waals surface area contributed by atoms with E-state index in [-0.39, 0.29) is 5.75 Å². The monoisotopic (exact) mass is 246 g/mol. The Labute approximate surface area is 99.6 Å². The van der Waals surface area contributed by atoms with Gasteiger partial charge in [-0.15, -0.1) is 0 Å². The topological polar surface area (TPSA) is 9.23 Å². The van der Waals surface area contributed by atoms with Gasteiger partial charge < -0.3 is 4.74 Å². The first kappa shape index (κ1) is 13.9. The number of hydrogen-bond acceptors (Lipinski definition) is 1. The number of halogens is 3. The second-order valence-corrected chi connectivity index (χ2v) is 4.25. The molecule has 1 nitrogen and oxygen atoms in total. The van der Waals surface area contributed by atoms with E-state index in [1.165, 1.54) is 19.2 Å². The third-order valence-electron chi connectivity index (χ3n) is 2.85. The van der Waals surface area contributed by atoms with Gasteiger partial charge in [-0.2, -0.15) is 13.2 Å². The molecule has 96 valence electrons. The third kappa shape index (κ3) is 3.65. The Balaban J connectivity index is 3.01. The van der Waals surface area contributed by atoms with Gasteiger partial charge in [0, 0.05) is 0 Å². The van der Waals surface area contributed by atoms with E-state index in [1.807, 2.05) is 0 Å². The fraction of sp³-hybridized carbons (Fsp3) is 0.538. The first-order valence-electron chi connectivity index (χ1n) is 5.62. The maximum Gasteiger partial charge on any atom is 0.419 e. The molecule has 1 aromatic rings. The largest absolute Gasteiger partial charge is 0.496 e. The van der Waals surface area contributed by atoms with Crippen LogP contribution in [0.4, 0.5) is 13.2 Å². The molecule has 17 heavy (non-hydrogen) atoms. The fourth-order valence-electron chi connectivity index (χ4n) is 1.64. The van der Waals surface area contributed by atoms with E-state index in [9.17, 15) is 13.2 Å². The number of methoxy groups -OCH3 is 1. The van der Waals surface area contributed by atoms with Crippen LogP contribution in [0.2, 0.25) is 0 Å². The van der Waals surface area contributed by atoms with Crippen LogP contribution in [0.5, 0.6) is 5.75 Å². The fourth-order valence-corrected chi connectivity index (χ4v) is 1.64. The summed E-state index contributed by atoms with van der Waals surface area (Å²) in [6, 6.07) is 4.10. The standard InChI is InChI=1S/C13H17F3O/c1-4-9(2)7-10-5-6-11(13(14,15)16)12(8-10)17-3/h5-6,8-9H,4,7H2,1-3H3. The minimum absolute atomic E-state index is 0.0988. The summed E-state index contributed by atoms with van der Waals surface area (Å²) < 4.78 is 42.7. The van der Waals surface area contributed by atoms with E-state index < -0.39 is 11.7 Å². The predicted octanol–water partition coefficient (Wildman–Crippen LogP) is 4.30. The van der Waals surface area contributed by atoms with Gasteiger partial charge in [-0.25, -0.2) is 0 Å². The summed E-state index contributed by atoms with van der Waals surface area (Å²) in [6.45, 7) is 4.14. The van der Waals surface area contributed by atoms with E-state index in [0.29, 0.717) is 5.92 Å². The van der Waals surface area contributed by atoms with Crippen molar-refractivity contribution in [3.8, 4) is 5.75 Å². The molecular formula is C13H17F3O. The smallest absolute Gasteiger partial charge is 0.419 e. The van der Waals surface area contributed by atoms with Crippen LogP contribution in [0.25, 0.3) is 0 Å². The summed E-state index contributed by atoms with van der Waals surface area (Å²) in [5.74, 6) is 0.356. The molecule has 0 heterocycles. The SMILES string of the molecule is CCC(C)Cc1ccc(C(F)(F)F)c(OC)c1. The lowest BCUT2D eigenvalue weighted by atomic mass is 9.97. The lowest BCUT2D eigenvalue weighted by Crippen LogP contribution is -2.08. The van der Waals surface area contributed by atoms with Crippen molar-refractivity contribution in [1.29, 1.82) is 0 Å². The van der Waals surface area contributed by atoms with Crippen molar-refractivity contribution in [3.63, 3.8) is 0 Å². The van der Waals surface area contributed by atoms with Gasteiger partial charge in [0.1, 0.15) is 5.75 Å². The molecule has 0 aromatic heterocycles. The lowest BCUT2D eigenvalue weighted by molar-refractivity contribution is -0.138. The zero-order valence-electron chi connectivity index (χ0n) is 10.3. The van der Waals surface area contributed by atoms with Crippen LogP contribution >= 0.6 is 0 Å². The molecule has 0 saturated heterocycles. The summed E-state index contributed by atoms with van der Waals surface area (Å²) >= 11 is 0. The molecule has 0 radical (unpaired) electrons. The second kappa shape index (κ2) is 5.43. The number of ether oxygens (including phenoxy) is 1. The molecule has 0 aliphatic rings. The van der Waals surface area contributed by atoms with Crippen molar-refractivity contribution in [3.05, 3.63) is 29.3 Å². The molecule has 1 atom stereocenters. The zero-order chi connectivity index (χ0) is 13.1. The Morgan fingerprint density at radius 3 is 2.41 bits per heavy atom. The molecule has 0 amide bonds. The van der Waals surface area contributed by atoms with E-state index >= 15 is 0 Å². The molecule has 1 rings (SSSR count). The highest BCUT2D eigenvalue weighted by Crippen LogP contribution is 2.36. The van der Waals surface area contributed by atoms with Crippen molar-refractivity contribution in [1.82, 2.24) is 0 Å². The van der Waals surface area contributed by atoms with Gasteiger partial charge in [0.15, 0.2) is 0 Å². The van der Waals surface area contributed by atoms with Gasteiger partial charge in [-0.1, -0.05) is 26.3 Å². The first-order chi connectivity index (χ1) is 7.88. The third-order valence-corrected chi connectivity index (χ3v) is 2.85. The highest BCUT2D eigenvalue weighted by molar-refractivity contribution is 5.39. The van der Waals surface area contributed by atoms with Crippen molar-refractivity contribution in [2.75, 3.05) is 7.11 Å². The van der Waals surface area contributed by atoms with Crippen molar-refractivity contribution < 1.29 is 17.9 Å². The maximum absolute atomic E-state index is 12.6. The second-order valence-electron chi connectivity index (χ2n) is 4.25. The van der Waals surface area contributed by atoms with Gasteiger partial charge in [0.25, 0.3) is 0 Å². The maximum atomic E-state index is 12.6. The number of alkyl halides is 3. The van der Waals surface area contributed by atoms with Crippen LogP contribution in [-0.4, -0.2) is 7.11 Å². The summed E-state index contributed by atoms with van der Waals surface area (Å²) in [5, 5.41) is 0. The van der Waals surface area contributed by atoms with Crippen LogP contribution in [0.3, 0.4) is 0 Å². The van der Waals surface area contributed by atoms with Crippen molar-refractivity contribution in [2.24, 2.45) is 5.92 Å². The summed E-state index contributed by atoms with van der Waals surface area (Å²) in [7, 11) is 1.26. The van der Waals surface area contributed by atoms with E-state index in [4.69, 9.17) is 4.74 Å². The molecule has 0 spiro atoms. The van der Waals surface area contributed by atoms with Gasteiger partial charge in [0.2, 0.25) is 0 Å². The molecular weight excluding hydrogens is 229 g/mol. The number of benzene rings is 1. The molecule has 0 aliphatic heterocycles. The summed E-state index contributed by atoms with van der Waals surface area (Å²) in [6.07, 6.45) is -2.59. The molecule has 1 unspecified atom stereocenters. The van der Waals surface area contributed by atoms with E-state index in [1.54, 1.807) is 0 Å².